The van der Waals surface area contributed by atoms with E-state index < -0.39 is 0 Å². The molecule has 0 radical (unpaired) electrons. The van der Waals surface area contributed by atoms with Gasteiger partial charge in [-0.1, -0.05) is 67.0 Å². The molecule has 4 heteroatoms. The van der Waals surface area contributed by atoms with Gasteiger partial charge in [0.25, 0.3) is 0 Å². The normalized spacial score (nSPS) is 10.6. The summed E-state index contributed by atoms with van der Waals surface area (Å²) >= 11 is 6.58. The Morgan fingerprint density at radius 1 is 0.909 bits per heavy atom. The molecule has 0 aliphatic heterocycles. The van der Waals surface area contributed by atoms with Gasteiger partial charge in [0, 0.05) is 0 Å². The van der Waals surface area contributed by atoms with Crippen molar-refractivity contribution >= 4 is 55.5 Å². The van der Waals surface area contributed by atoms with Crippen LogP contribution in [0.4, 0.5) is 0 Å². The van der Waals surface area contributed by atoms with E-state index in [1.807, 2.05) is 6.26 Å². The lowest BCUT2D eigenvalue weighted by Crippen LogP contribution is -2.32. The predicted octanol–water partition coefficient (Wildman–Crippen LogP) is 4.71. The molecule has 0 saturated carbocycles. The predicted molar refractivity (Wildman–Crippen MR) is 103 cm³/mol. The van der Waals surface area contributed by atoms with Crippen LogP contribution in [0.2, 0.25) is 0 Å². The standard InChI is InChI=1S/C18H16N2S2/c1-12(19-20-18(21)22-2)13-7-8-16-10-14-5-3-4-6-15(14)11-17(16)9-13/h3-11,19H,1H2,2H3,(H,20,21). The SMILES string of the molecule is C=C(NNC(=S)SC)c1ccc2cc3ccccc3cc2c1. The molecular formula is C18H16N2S2. The molecule has 0 atom stereocenters. The van der Waals surface area contributed by atoms with E-state index in [1.54, 1.807) is 0 Å². The van der Waals surface area contributed by atoms with Crippen LogP contribution in [0, 0.1) is 0 Å². The third-order valence-electron chi connectivity index (χ3n) is 3.55. The first kappa shape index (κ1) is 14.9. The molecule has 0 spiro atoms. The molecule has 0 amide bonds. The number of hydrazine groups is 1. The van der Waals surface area contributed by atoms with Gasteiger partial charge in [-0.3, -0.25) is 10.9 Å². The summed E-state index contributed by atoms with van der Waals surface area (Å²) in [5.74, 6) is 0. The van der Waals surface area contributed by atoms with Crippen LogP contribution >= 0.6 is 24.0 Å². The molecule has 2 N–H and O–H groups in total. The molecule has 3 aromatic rings. The number of thiocarbonyl (C=S) groups is 1. The van der Waals surface area contributed by atoms with E-state index in [-0.39, 0.29) is 0 Å². The molecule has 3 aromatic carbocycles. The molecule has 22 heavy (non-hydrogen) atoms. The average Bonchev–Trinajstić information content (AvgIpc) is 2.56. The zero-order valence-electron chi connectivity index (χ0n) is 12.2. The molecule has 3 rings (SSSR count). The van der Waals surface area contributed by atoms with Crippen LogP contribution in [0.5, 0.6) is 0 Å². The second kappa shape index (κ2) is 6.38. The highest BCUT2D eigenvalue weighted by molar-refractivity contribution is 8.22. The summed E-state index contributed by atoms with van der Waals surface area (Å²) < 4.78 is 0.688. The third-order valence-corrected chi connectivity index (χ3v) is 4.63. The number of thioether (sulfide) groups is 1. The molecule has 0 bridgehead atoms. The number of rotatable bonds is 3. The fourth-order valence-corrected chi connectivity index (χ4v) is 2.58. The van der Waals surface area contributed by atoms with E-state index in [0.29, 0.717) is 4.32 Å². The van der Waals surface area contributed by atoms with E-state index in [0.717, 1.165) is 11.3 Å². The quantitative estimate of drug-likeness (QED) is 0.414. The number of nitrogens with one attached hydrogen (secondary N) is 2. The number of fused-ring (bicyclic) bond motifs is 2. The van der Waals surface area contributed by atoms with Crippen LogP contribution in [-0.2, 0) is 0 Å². The highest BCUT2D eigenvalue weighted by Gasteiger charge is 2.03. The lowest BCUT2D eigenvalue weighted by atomic mass is 10.0. The first-order valence-electron chi connectivity index (χ1n) is 6.89. The van der Waals surface area contributed by atoms with Crippen LogP contribution in [0.15, 0.2) is 61.2 Å². The maximum atomic E-state index is 5.10. The van der Waals surface area contributed by atoms with Crippen LogP contribution in [0.25, 0.3) is 27.2 Å². The topological polar surface area (TPSA) is 24.1 Å². The highest BCUT2D eigenvalue weighted by atomic mass is 32.2. The van der Waals surface area contributed by atoms with Gasteiger partial charge in [-0.2, -0.15) is 0 Å². The van der Waals surface area contributed by atoms with Crippen molar-refractivity contribution in [1.29, 1.82) is 0 Å². The molecule has 0 aliphatic rings. The maximum absolute atomic E-state index is 5.10. The van der Waals surface area contributed by atoms with Gasteiger partial charge >= 0.3 is 0 Å². The molecule has 110 valence electrons. The fraction of sp³-hybridized carbons (Fsp3) is 0.0556. The van der Waals surface area contributed by atoms with Gasteiger partial charge in [0.1, 0.15) is 0 Å². The molecule has 0 fully saturated rings. The Morgan fingerprint density at radius 2 is 1.55 bits per heavy atom. The Balaban J connectivity index is 1.93. The van der Waals surface area contributed by atoms with E-state index in [2.05, 4.69) is 72.0 Å². The second-order valence-electron chi connectivity index (χ2n) is 4.98. The Labute approximate surface area is 139 Å². The van der Waals surface area contributed by atoms with Gasteiger partial charge in [-0.15, -0.1) is 0 Å². The van der Waals surface area contributed by atoms with Gasteiger partial charge in [0.2, 0.25) is 0 Å². The minimum absolute atomic E-state index is 0.688. The van der Waals surface area contributed by atoms with Crippen LogP contribution in [-0.4, -0.2) is 10.6 Å². The van der Waals surface area contributed by atoms with E-state index >= 15 is 0 Å². The molecular weight excluding hydrogens is 308 g/mol. The fourth-order valence-electron chi connectivity index (χ4n) is 2.38. The Morgan fingerprint density at radius 3 is 2.23 bits per heavy atom. The van der Waals surface area contributed by atoms with Gasteiger partial charge in [0.15, 0.2) is 4.32 Å². The number of hydrogen-bond donors (Lipinski definition) is 2. The summed E-state index contributed by atoms with van der Waals surface area (Å²) in [6, 6.07) is 19.1. The Bertz CT molecular complexity index is 871. The molecule has 0 heterocycles. The molecule has 0 saturated heterocycles. The van der Waals surface area contributed by atoms with Crippen LogP contribution < -0.4 is 10.9 Å². The highest BCUT2D eigenvalue weighted by Crippen LogP contribution is 2.25. The van der Waals surface area contributed by atoms with E-state index in [1.165, 1.54) is 33.3 Å². The van der Waals surface area contributed by atoms with Crippen molar-refractivity contribution in [3.05, 3.63) is 66.7 Å². The maximum Gasteiger partial charge on any atom is 0.152 e. The minimum Gasteiger partial charge on any atom is -0.300 e. The zero-order chi connectivity index (χ0) is 15.5. The summed E-state index contributed by atoms with van der Waals surface area (Å²) in [4.78, 5) is 0. The van der Waals surface area contributed by atoms with Gasteiger partial charge in [-0.05, 0) is 51.6 Å². The van der Waals surface area contributed by atoms with Crippen molar-refractivity contribution in [2.24, 2.45) is 0 Å². The lowest BCUT2D eigenvalue weighted by molar-refractivity contribution is 0.863. The van der Waals surface area contributed by atoms with Crippen molar-refractivity contribution in [1.82, 2.24) is 10.9 Å². The minimum atomic E-state index is 0.688. The molecule has 0 aromatic heterocycles. The number of hydrogen-bond acceptors (Lipinski definition) is 3. The first-order chi connectivity index (χ1) is 10.7. The largest absolute Gasteiger partial charge is 0.300 e. The van der Waals surface area contributed by atoms with Crippen molar-refractivity contribution in [3.8, 4) is 0 Å². The van der Waals surface area contributed by atoms with Crippen molar-refractivity contribution in [2.75, 3.05) is 6.26 Å². The van der Waals surface area contributed by atoms with Crippen molar-refractivity contribution in [3.63, 3.8) is 0 Å². The van der Waals surface area contributed by atoms with Crippen molar-refractivity contribution < 1.29 is 0 Å². The Hall–Kier alpha value is -2.04. The summed E-state index contributed by atoms with van der Waals surface area (Å²) in [5, 5.41) is 4.92. The summed E-state index contributed by atoms with van der Waals surface area (Å²) in [6.07, 6.45) is 1.93. The van der Waals surface area contributed by atoms with Crippen LogP contribution in [0.1, 0.15) is 5.56 Å². The van der Waals surface area contributed by atoms with E-state index in [9.17, 15) is 0 Å². The summed E-state index contributed by atoms with van der Waals surface area (Å²) in [5.41, 5.74) is 7.84. The summed E-state index contributed by atoms with van der Waals surface area (Å²) in [6.45, 7) is 4.06. The second-order valence-corrected chi connectivity index (χ2v) is 6.46. The molecule has 0 aliphatic carbocycles. The van der Waals surface area contributed by atoms with Gasteiger partial charge in [0.05, 0.1) is 5.70 Å². The van der Waals surface area contributed by atoms with E-state index in [4.69, 9.17) is 12.2 Å². The zero-order valence-corrected chi connectivity index (χ0v) is 13.9. The smallest absolute Gasteiger partial charge is 0.152 e. The van der Waals surface area contributed by atoms with Gasteiger partial charge < -0.3 is 0 Å². The monoisotopic (exact) mass is 324 g/mol. The number of benzene rings is 3. The van der Waals surface area contributed by atoms with Gasteiger partial charge in [-0.25, -0.2) is 0 Å². The first-order valence-corrected chi connectivity index (χ1v) is 8.52. The molecule has 0 unspecified atom stereocenters. The lowest BCUT2D eigenvalue weighted by Gasteiger charge is -2.12. The molecule has 2 nitrogen and oxygen atoms in total. The average molecular weight is 324 g/mol. The van der Waals surface area contributed by atoms with Crippen LogP contribution in [0.3, 0.4) is 0 Å². The summed E-state index contributed by atoms with van der Waals surface area (Å²) in [7, 11) is 0. The third kappa shape index (κ3) is 3.08. The van der Waals surface area contributed by atoms with Crippen molar-refractivity contribution in [2.45, 2.75) is 0 Å². The Kier molecular flexibility index (Phi) is 4.32.